The highest BCUT2D eigenvalue weighted by molar-refractivity contribution is 7.10. The van der Waals surface area contributed by atoms with Crippen molar-refractivity contribution in [3.63, 3.8) is 0 Å². The highest BCUT2D eigenvalue weighted by Crippen LogP contribution is 2.23. The number of aryl methyl sites for hydroxylation is 2. The molecule has 5 heteroatoms. The van der Waals surface area contributed by atoms with E-state index in [-0.39, 0.29) is 0 Å². The van der Waals surface area contributed by atoms with Crippen LogP contribution in [0.15, 0.2) is 11.4 Å². The Morgan fingerprint density at radius 1 is 1.05 bits per heavy atom. The Kier molecular flexibility index (Phi) is 7.86. The third kappa shape index (κ3) is 5.36. The summed E-state index contributed by atoms with van der Waals surface area (Å²) in [7, 11) is -2.44. The standard InChI is InChI=1S/C14H26O3SSi/c1-5-15-19(16-6-2,17-7-3)12-8-9-14-13(4)10-11-18-14/h10-11H,5-9,12H2,1-4H3. The van der Waals surface area contributed by atoms with Crippen molar-refractivity contribution in [2.45, 2.75) is 46.6 Å². The van der Waals surface area contributed by atoms with E-state index in [2.05, 4.69) is 18.4 Å². The topological polar surface area (TPSA) is 27.7 Å². The van der Waals surface area contributed by atoms with E-state index in [1.54, 1.807) is 0 Å². The van der Waals surface area contributed by atoms with Crippen LogP contribution in [0.25, 0.3) is 0 Å². The molecule has 0 saturated heterocycles. The van der Waals surface area contributed by atoms with Crippen LogP contribution in [0, 0.1) is 6.92 Å². The van der Waals surface area contributed by atoms with Gasteiger partial charge >= 0.3 is 8.80 Å². The van der Waals surface area contributed by atoms with Gasteiger partial charge in [-0.15, -0.1) is 11.3 Å². The Morgan fingerprint density at radius 3 is 2.05 bits per heavy atom. The molecule has 0 saturated carbocycles. The van der Waals surface area contributed by atoms with Crippen molar-refractivity contribution in [1.82, 2.24) is 0 Å². The van der Waals surface area contributed by atoms with Crippen molar-refractivity contribution >= 4 is 20.1 Å². The van der Waals surface area contributed by atoms with E-state index in [0.29, 0.717) is 19.8 Å². The molecule has 0 fully saturated rings. The summed E-state index contributed by atoms with van der Waals surface area (Å²) >= 11 is 1.83. The lowest BCUT2D eigenvalue weighted by Crippen LogP contribution is -2.46. The fraction of sp³-hybridized carbons (Fsp3) is 0.714. The molecular formula is C14H26O3SSi. The lowest BCUT2D eigenvalue weighted by Gasteiger charge is -2.28. The first-order chi connectivity index (χ1) is 9.17. The largest absolute Gasteiger partial charge is 0.500 e. The summed E-state index contributed by atoms with van der Waals surface area (Å²) in [5.41, 5.74) is 1.39. The number of hydrogen-bond acceptors (Lipinski definition) is 4. The SMILES string of the molecule is CCO[Si](CCCc1sccc1C)(OCC)OCC. The van der Waals surface area contributed by atoms with E-state index in [0.717, 1.165) is 18.9 Å². The maximum absolute atomic E-state index is 5.86. The van der Waals surface area contributed by atoms with Crippen molar-refractivity contribution in [3.8, 4) is 0 Å². The molecule has 0 N–H and O–H groups in total. The van der Waals surface area contributed by atoms with Gasteiger partial charge in [-0.25, -0.2) is 0 Å². The first-order valence-electron chi connectivity index (χ1n) is 7.12. The molecule has 19 heavy (non-hydrogen) atoms. The molecule has 110 valence electrons. The Morgan fingerprint density at radius 2 is 1.63 bits per heavy atom. The molecule has 0 bridgehead atoms. The van der Waals surface area contributed by atoms with Crippen LogP contribution >= 0.6 is 11.3 Å². The molecule has 0 aromatic carbocycles. The lowest BCUT2D eigenvalue weighted by molar-refractivity contribution is 0.0708. The molecule has 1 rings (SSSR count). The van der Waals surface area contributed by atoms with E-state index >= 15 is 0 Å². The molecule has 0 spiro atoms. The van der Waals surface area contributed by atoms with Gasteiger partial charge in [0, 0.05) is 30.7 Å². The van der Waals surface area contributed by atoms with E-state index < -0.39 is 8.80 Å². The van der Waals surface area contributed by atoms with E-state index in [1.807, 2.05) is 32.1 Å². The molecule has 0 atom stereocenters. The highest BCUT2D eigenvalue weighted by Gasteiger charge is 2.39. The first kappa shape index (κ1) is 16.9. The van der Waals surface area contributed by atoms with Crippen molar-refractivity contribution in [2.75, 3.05) is 19.8 Å². The van der Waals surface area contributed by atoms with Crippen LogP contribution in [0.2, 0.25) is 6.04 Å². The van der Waals surface area contributed by atoms with Gasteiger partial charge in [0.2, 0.25) is 0 Å². The summed E-state index contributed by atoms with van der Waals surface area (Å²) < 4.78 is 17.6. The second-order valence-corrected chi connectivity index (χ2v) is 8.10. The second kappa shape index (κ2) is 8.87. The molecule has 0 radical (unpaired) electrons. The Balaban J connectivity index is 2.53. The van der Waals surface area contributed by atoms with Crippen LogP contribution in [0.1, 0.15) is 37.6 Å². The first-order valence-corrected chi connectivity index (χ1v) is 9.93. The number of rotatable bonds is 10. The predicted molar refractivity (Wildman–Crippen MR) is 82.8 cm³/mol. The number of hydrogen-bond donors (Lipinski definition) is 0. The predicted octanol–water partition coefficient (Wildman–Crippen LogP) is 4.04. The summed E-state index contributed by atoms with van der Waals surface area (Å²) in [6, 6.07) is 3.08. The van der Waals surface area contributed by atoms with Gasteiger partial charge in [0.1, 0.15) is 0 Å². The van der Waals surface area contributed by atoms with Crippen LogP contribution in [0.5, 0.6) is 0 Å². The third-order valence-corrected chi connectivity index (χ3v) is 7.18. The molecule has 3 nitrogen and oxygen atoms in total. The van der Waals surface area contributed by atoms with Gasteiger partial charge in [-0.3, -0.25) is 0 Å². The van der Waals surface area contributed by atoms with Crippen molar-refractivity contribution < 1.29 is 13.3 Å². The summed E-state index contributed by atoms with van der Waals surface area (Å²) in [6.45, 7) is 10.2. The third-order valence-electron chi connectivity index (χ3n) is 2.95. The lowest BCUT2D eigenvalue weighted by atomic mass is 10.2. The van der Waals surface area contributed by atoms with Crippen LogP contribution in [-0.2, 0) is 19.7 Å². The highest BCUT2D eigenvalue weighted by atomic mass is 32.1. The average molecular weight is 303 g/mol. The summed E-state index contributed by atoms with van der Waals surface area (Å²) in [6.07, 6.45) is 2.15. The molecule has 1 heterocycles. The Labute approximate surface area is 122 Å². The fourth-order valence-corrected chi connectivity index (χ4v) is 5.69. The van der Waals surface area contributed by atoms with Crippen LogP contribution in [0.4, 0.5) is 0 Å². The monoisotopic (exact) mass is 302 g/mol. The normalized spacial score (nSPS) is 12.0. The van der Waals surface area contributed by atoms with E-state index in [1.165, 1.54) is 10.4 Å². The van der Waals surface area contributed by atoms with Gasteiger partial charge in [0.05, 0.1) is 0 Å². The summed E-state index contributed by atoms with van der Waals surface area (Å²) in [4.78, 5) is 1.47. The molecule has 0 unspecified atom stereocenters. The van der Waals surface area contributed by atoms with Gasteiger partial charge < -0.3 is 13.3 Å². The van der Waals surface area contributed by atoms with Gasteiger partial charge in [0.25, 0.3) is 0 Å². The maximum Gasteiger partial charge on any atom is 0.500 e. The van der Waals surface area contributed by atoms with Gasteiger partial charge in [-0.05, 0) is 57.5 Å². The van der Waals surface area contributed by atoms with E-state index in [9.17, 15) is 0 Å². The Hall–Kier alpha value is -0.203. The zero-order chi connectivity index (χ0) is 14.1. The molecule has 1 aromatic rings. The van der Waals surface area contributed by atoms with Crippen LogP contribution < -0.4 is 0 Å². The summed E-state index contributed by atoms with van der Waals surface area (Å²) in [5, 5.41) is 2.16. The molecule has 0 aliphatic heterocycles. The van der Waals surface area contributed by atoms with Crippen molar-refractivity contribution in [1.29, 1.82) is 0 Å². The minimum atomic E-state index is -2.44. The van der Waals surface area contributed by atoms with Gasteiger partial charge in [0.15, 0.2) is 0 Å². The zero-order valence-electron chi connectivity index (χ0n) is 12.5. The summed E-state index contributed by atoms with van der Waals surface area (Å²) in [5.74, 6) is 0. The Bertz CT molecular complexity index is 337. The van der Waals surface area contributed by atoms with Crippen LogP contribution in [-0.4, -0.2) is 28.6 Å². The van der Waals surface area contributed by atoms with Crippen molar-refractivity contribution in [3.05, 3.63) is 21.9 Å². The minimum Gasteiger partial charge on any atom is -0.374 e. The second-order valence-electron chi connectivity index (χ2n) is 4.36. The minimum absolute atomic E-state index is 0.657. The smallest absolute Gasteiger partial charge is 0.374 e. The van der Waals surface area contributed by atoms with Gasteiger partial charge in [-0.1, -0.05) is 0 Å². The number of thiophene rings is 1. The average Bonchev–Trinajstić information content (AvgIpc) is 2.76. The van der Waals surface area contributed by atoms with Crippen molar-refractivity contribution in [2.24, 2.45) is 0 Å². The quantitative estimate of drug-likeness (QED) is 0.611. The maximum atomic E-state index is 5.86. The molecular weight excluding hydrogens is 276 g/mol. The molecule has 1 aromatic heterocycles. The van der Waals surface area contributed by atoms with Gasteiger partial charge in [-0.2, -0.15) is 0 Å². The van der Waals surface area contributed by atoms with E-state index in [4.69, 9.17) is 13.3 Å². The molecule has 0 aliphatic carbocycles. The van der Waals surface area contributed by atoms with Crippen LogP contribution in [0.3, 0.4) is 0 Å². The molecule has 0 aliphatic rings. The fourth-order valence-electron chi connectivity index (χ4n) is 2.13. The zero-order valence-corrected chi connectivity index (χ0v) is 14.3. The molecule has 0 amide bonds.